The molecule has 0 fully saturated rings. The number of sulfonamides is 1. The first-order chi connectivity index (χ1) is 8.78. The van der Waals surface area contributed by atoms with Gasteiger partial charge in [-0.2, -0.15) is 0 Å². The highest BCUT2D eigenvalue weighted by Crippen LogP contribution is 2.33. The molecule has 19 heavy (non-hydrogen) atoms. The molecule has 0 spiro atoms. The zero-order valence-corrected chi connectivity index (χ0v) is 11.2. The van der Waals surface area contributed by atoms with Crippen molar-refractivity contribution in [3.05, 3.63) is 29.8 Å². The zero-order chi connectivity index (χ0) is 14.4. The number of hydrogen-bond donors (Lipinski definition) is 1. The summed E-state index contributed by atoms with van der Waals surface area (Å²) in [5, 5.41) is 9.17. The van der Waals surface area contributed by atoms with E-state index in [1.54, 1.807) is 19.9 Å². The van der Waals surface area contributed by atoms with Gasteiger partial charge in [-0.05, 0) is 18.1 Å². The van der Waals surface area contributed by atoms with E-state index >= 15 is 0 Å². The standard InChI is InChI=1S/C12H13NO5S/c1-7(2)10(12(15)16)13-11(14)8-5-3-4-6-9(8)19(13,17)18/h3-7,10H,1-2H3,(H,15,16)/t10-/m0/s1. The molecule has 1 N–H and O–H groups in total. The predicted octanol–water partition coefficient (Wildman–Crippen LogP) is 0.940. The predicted molar refractivity (Wildman–Crippen MR) is 66.1 cm³/mol. The summed E-state index contributed by atoms with van der Waals surface area (Å²) in [4.78, 5) is 23.3. The van der Waals surface area contributed by atoms with Gasteiger partial charge in [0.15, 0.2) is 0 Å². The van der Waals surface area contributed by atoms with Crippen LogP contribution >= 0.6 is 0 Å². The van der Waals surface area contributed by atoms with Crippen LogP contribution in [0.2, 0.25) is 0 Å². The SMILES string of the molecule is CC(C)[C@@H](C(=O)O)N1C(=O)c2ccccc2S1(=O)=O. The van der Waals surface area contributed by atoms with Crippen molar-refractivity contribution in [3.8, 4) is 0 Å². The monoisotopic (exact) mass is 283 g/mol. The first-order valence-electron chi connectivity index (χ1n) is 5.69. The molecular formula is C12H13NO5S. The van der Waals surface area contributed by atoms with Gasteiger partial charge in [0.05, 0.1) is 5.56 Å². The van der Waals surface area contributed by atoms with Crippen molar-refractivity contribution in [1.82, 2.24) is 4.31 Å². The van der Waals surface area contributed by atoms with Crippen LogP contribution in [0.1, 0.15) is 24.2 Å². The summed E-state index contributed by atoms with van der Waals surface area (Å²) in [5.41, 5.74) is 0.0226. The lowest BCUT2D eigenvalue weighted by Gasteiger charge is -2.25. The smallest absolute Gasteiger partial charge is 0.327 e. The molecule has 1 aliphatic rings. The number of amides is 1. The number of rotatable bonds is 3. The topological polar surface area (TPSA) is 91.8 Å². The van der Waals surface area contributed by atoms with Gasteiger partial charge in [0.1, 0.15) is 10.9 Å². The van der Waals surface area contributed by atoms with Crippen molar-refractivity contribution in [1.29, 1.82) is 0 Å². The summed E-state index contributed by atoms with van der Waals surface area (Å²) >= 11 is 0. The average Bonchev–Trinajstić information content (AvgIpc) is 2.51. The first kappa shape index (κ1) is 13.5. The second kappa shape index (κ2) is 4.34. The summed E-state index contributed by atoms with van der Waals surface area (Å²) < 4.78 is 25.1. The molecule has 6 nitrogen and oxygen atoms in total. The summed E-state index contributed by atoms with van der Waals surface area (Å²) in [5.74, 6) is -2.64. The van der Waals surface area contributed by atoms with Crippen LogP contribution in [0.4, 0.5) is 0 Å². The van der Waals surface area contributed by atoms with E-state index < -0.39 is 33.9 Å². The molecule has 1 aliphatic heterocycles. The molecule has 1 aromatic rings. The molecule has 7 heteroatoms. The van der Waals surface area contributed by atoms with Crippen molar-refractivity contribution in [2.75, 3.05) is 0 Å². The third kappa shape index (κ3) is 1.90. The Bertz CT molecular complexity index is 650. The molecule has 0 radical (unpaired) electrons. The van der Waals surface area contributed by atoms with Gasteiger partial charge in [-0.3, -0.25) is 4.79 Å². The third-order valence-corrected chi connectivity index (χ3v) is 4.81. The molecular weight excluding hydrogens is 270 g/mol. The van der Waals surface area contributed by atoms with E-state index in [1.165, 1.54) is 18.2 Å². The molecule has 1 atom stereocenters. The molecule has 1 heterocycles. The highest BCUT2D eigenvalue weighted by Gasteiger charge is 2.48. The van der Waals surface area contributed by atoms with Crippen molar-refractivity contribution in [3.63, 3.8) is 0 Å². The molecule has 0 saturated heterocycles. The Kier molecular flexibility index (Phi) is 3.09. The Morgan fingerprint density at radius 2 is 1.84 bits per heavy atom. The maximum Gasteiger partial charge on any atom is 0.327 e. The van der Waals surface area contributed by atoms with Crippen LogP contribution in [0.15, 0.2) is 29.2 Å². The zero-order valence-electron chi connectivity index (χ0n) is 10.4. The minimum Gasteiger partial charge on any atom is -0.480 e. The van der Waals surface area contributed by atoms with Crippen LogP contribution < -0.4 is 0 Å². The Morgan fingerprint density at radius 1 is 1.26 bits per heavy atom. The number of aliphatic carboxylic acids is 1. The molecule has 102 valence electrons. The fraction of sp³-hybridized carbons (Fsp3) is 0.333. The quantitative estimate of drug-likeness (QED) is 0.891. The van der Waals surface area contributed by atoms with Gasteiger partial charge in [0.2, 0.25) is 0 Å². The van der Waals surface area contributed by atoms with E-state index in [9.17, 15) is 23.1 Å². The van der Waals surface area contributed by atoms with E-state index in [-0.39, 0.29) is 10.5 Å². The highest BCUT2D eigenvalue weighted by molar-refractivity contribution is 7.90. The van der Waals surface area contributed by atoms with Gasteiger partial charge in [0.25, 0.3) is 15.9 Å². The second-order valence-corrected chi connectivity index (χ2v) is 6.41. The normalized spacial score (nSPS) is 18.5. The Hall–Kier alpha value is -1.89. The van der Waals surface area contributed by atoms with Crippen LogP contribution in [0.25, 0.3) is 0 Å². The lowest BCUT2D eigenvalue weighted by atomic mass is 10.0. The number of carboxylic acid groups (broad SMARTS) is 1. The van der Waals surface area contributed by atoms with Gasteiger partial charge in [-0.15, -0.1) is 0 Å². The number of hydrogen-bond acceptors (Lipinski definition) is 4. The number of carbonyl (C=O) groups excluding carboxylic acids is 1. The number of nitrogens with zero attached hydrogens (tertiary/aromatic N) is 1. The summed E-state index contributed by atoms with van der Waals surface area (Å²) in [6.07, 6.45) is 0. The minimum atomic E-state index is -4.08. The number of carboxylic acids is 1. The van der Waals surface area contributed by atoms with Crippen molar-refractivity contribution in [2.24, 2.45) is 5.92 Å². The van der Waals surface area contributed by atoms with E-state index in [0.29, 0.717) is 4.31 Å². The molecule has 1 aromatic carbocycles. The lowest BCUT2D eigenvalue weighted by molar-refractivity contribution is -0.142. The molecule has 0 saturated carbocycles. The van der Waals surface area contributed by atoms with Crippen LogP contribution in [0, 0.1) is 5.92 Å². The first-order valence-corrected chi connectivity index (χ1v) is 7.13. The van der Waals surface area contributed by atoms with Crippen LogP contribution in [0.5, 0.6) is 0 Å². The van der Waals surface area contributed by atoms with Crippen molar-refractivity contribution >= 4 is 21.9 Å². The third-order valence-electron chi connectivity index (χ3n) is 2.99. The average molecular weight is 283 g/mol. The molecule has 0 bridgehead atoms. The van der Waals surface area contributed by atoms with Gasteiger partial charge >= 0.3 is 5.97 Å². The largest absolute Gasteiger partial charge is 0.480 e. The Morgan fingerprint density at radius 3 is 2.32 bits per heavy atom. The van der Waals surface area contributed by atoms with Crippen molar-refractivity contribution < 1.29 is 23.1 Å². The second-order valence-electron chi connectivity index (χ2n) is 4.63. The van der Waals surface area contributed by atoms with Crippen LogP contribution in [-0.4, -0.2) is 35.7 Å². The number of carbonyl (C=O) groups is 2. The highest BCUT2D eigenvalue weighted by atomic mass is 32.2. The van der Waals surface area contributed by atoms with Crippen LogP contribution in [-0.2, 0) is 14.8 Å². The number of benzene rings is 1. The lowest BCUT2D eigenvalue weighted by Crippen LogP contribution is -2.47. The molecule has 2 rings (SSSR count). The van der Waals surface area contributed by atoms with E-state index in [2.05, 4.69) is 0 Å². The fourth-order valence-electron chi connectivity index (χ4n) is 2.13. The summed E-state index contributed by atoms with van der Waals surface area (Å²) in [6, 6.07) is 4.33. The van der Waals surface area contributed by atoms with E-state index in [4.69, 9.17) is 0 Å². The van der Waals surface area contributed by atoms with Crippen LogP contribution in [0.3, 0.4) is 0 Å². The Labute approximate surface area is 110 Å². The van der Waals surface area contributed by atoms with E-state index in [0.717, 1.165) is 0 Å². The van der Waals surface area contributed by atoms with Gasteiger partial charge in [-0.25, -0.2) is 17.5 Å². The molecule has 1 amide bonds. The molecule has 0 unspecified atom stereocenters. The molecule has 0 aromatic heterocycles. The fourth-order valence-corrected chi connectivity index (χ4v) is 3.98. The van der Waals surface area contributed by atoms with Gasteiger partial charge in [-0.1, -0.05) is 26.0 Å². The summed E-state index contributed by atoms with van der Waals surface area (Å²) in [7, 11) is -4.08. The maximum absolute atomic E-state index is 12.3. The molecule has 0 aliphatic carbocycles. The Balaban J connectivity index is 2.63. The summed E-state index contributed by atoms with van der Waals surface area (Å²) in [6.45, 7) is 3.12. The van der Waals surface area contributed by atoms with E-state index in [1.807, 2.05) is 0 Å². The minimum absolute atomic E-state index is 0.0226. The van der Waals surface area contributed by atoms with Gasteiger partial charge < -0.3 is 5.11 Å². The van der Waals surface area contributed by atoms with Gasteiger partial charge in [0, 0.05) is 0 Å². The maximum atomic E-state index is 12.3. The number of fused-ring (bicyclic) bond motifs is 1. The van der Waals surface area contributed by atoms with Crippen molar-refractivity contribution in [2.45, 2.75) is 24.8 Å².